The monoisotopic (exact) mass is 228 g/mol. The fourth-order valence-corrected chi connectivity index (χ4v) is 3.33. The molecule has 0 radical (unpaired) electrons. The molecule has 3 N–H and O–H groups in total. The molecule has 15 heavy (non-hydrogen) atoms. The summed E-state index contributed by atoms with van der Waals surface area (Å²) in [6.07, 6.45) is 1.13. The molecule has 1 fully saturated rings. The van der Waals surface area contributed by atoms with Gasteiger partial charge in [-0.15, -0.1) is 11.8 Å². The van der Waals surface area contributed by atoms with Crippen LogP contribution in [0.2, 0.25) is 0 Å². The Bertz CT molecular complexity index is 298. The molecule has 4 nitrogen and oxygen atoms in total. The van der Waals surface area contributed by atoms with Crippen LogP contribution < -0.4 is 10.6 Å². The zero-order valence-corrected chi connectivity index (χ0v) is 9.56. The molecule has 2 rings (SSSR count). The molecular weight excluding hydrogens is 212 g/mol. The Morgan fingerprint density at radius 2 is 2.33 bits per heavy atom. The van der Waals surface area contributed by atoms with E-state index in [0.717, 1.165) is 31.0 Å². The lowest BCUT2D eigenvalue weighted by Gasteiger charge is -2.12. The van der Waals surface area contributed by atoms with Crippen molar-refractivity contribution in [3.8, 4) is 0 Å². The van der Waals surface area contributed by atoms with E-state index in [1.165, 1.54) is 0 Å². The third-order valence-electron chi connectivity index (χ3n) is 2.80. The van der Waals surface area contributed by atoms with Gasteiger partial charge in [0.15, 0.2) is 0 Å². The average molecular weight is 228 g/mol. The zero-order chi connectivity index (χ0) is 10.8. The van der Waals surface area contributed by atoms with Crippen LogP contribution in [0.1, 0.15) is 13.3 Å². The van der Waals surface area contributed by atoms with Gasteiger partial charge >= 0.3 is 5.97 Å². The molecule has 0 saturated carbocycles. The fourth-order valence-electron chi connectivity index (χ4n) is 1.95. The van der Waals surface area contributed by atoms with Gasteiger partial charge in [0, 0.05) is 29.2 Å². The van der Waals surface area contributed by atoms with E-state index in [2.05, 4.69) is 17.6 Å². The molecule has 0 aromatic heterocycles. The number of carboxylic acids is 1. The highest BCUT2D eigenvalue weighted by atomic mass is 32.2. The van der Waals surface area contributed by atoms with Gasteiger partial charge in [0.1, 0.15) is 5.70 Å². The summed E-state index contributed by atoms with van der Waals surface area (Å²) in [5.74, 6) is -0.491. The summed E-state index contributed by atoms with van der Waals surface area (Å²) in [7, 11) is 0. The second-order valence-corrected chi connectivity index (χ2v) is 5.40. The first-order valence-corrected chi connectivity index (χ1v) is 6.15. The van der Waals surface area contributed by atoms with Crippen LogP contribution in [-0.2, 0) is 4.79 Å². The van der Waals surface area contributed by atoms with Gasteiger partial charge in [0.05, 0.1) is 0 Å². The van der Waals surface area contributed by atoms with Crippen molar-refractivity contribution in [3.63, 3.8) is 0 Å². The molecule has 0 aromatic carbocycles. The van der Waals surface area contributed by atoms with E-state index in [9.17, 15) is 4.79 Å². The molecule has 5 heteroatoms. The van der Waals surface area contributed by atoms with Crippen LogP contribution in [-0.4, -0.2) is 36.0 Å². The maximum absolute atomic E-state index is 11.0. The summed E-state index contributed by atoms with van der Waals surface area (Å²) in [5, 5.41) is 15.8. The van der Waals surface area contributed by atoms with Gasteiger partial charge in [-0.25, -0.2) is 4.79 Å². The Morgan fingerprint density at radius 3 is 2.93 bits per heavy atom. The molecule has 0 amide bonds. The number of hydrogen-bond donors (Lipinski definition) is 3. The normalized spacial score (nSPS) is 30.7. The molecule has 2 heterocycles. The minimum absolute atomic E-state index is 0.335. The van der Waals surface area contributed by atoms with E-state index in [1.807, 2.05) is 0 Å². The van der Waals surface area contributed by atoms with E-state index in [0.29, 0.717) is 16.9 Å². The minimum Gasteiger partial charge on any atom is -0.477 e. The maximum Gasteiger partial charge on any atom is 0.352 e. The number of thioether (sulfide) groups is 1. The fraction of sp³-hybridized carbons (Fsp3) is 0.700. The average Bonchev–Trinajstić information content (AvgIpc) is 2.78. The third-order valence-corrected chi connectivity index (χ3v) is 4.40. The van der Waals surface area contributed by atoms with Gasteiger partial charge in [0.25, 0.3) is 0 Å². The van der Waals surface area contributed by atoms with Crippen molar-refractivity contribution < 1.29 is 9.90 Å². The van der Waals surface area contributed by atoms with E-state index >= 15 is 0 Å². The first-order valence-electron chi connectivity index (χ1n) is 5.27. The maximum atomic E-state index is 11.0. The molecule has 0 spiro atoms. The smallest absolute Gasteiger partial charge is 0.352 e. The SMILES string of the molecule is CC1CNC(C(=O)O)=C1SC1CCNC1. The highest BCUT2D eigenvalue weighted by molar-refractivity contribution is 8.03. The largest absolute Gasteiger partial charge is 0.477 e. The zero-order valence-electron chi connectivity index (χ0n) is 8.75. The quantitative estimate of drug-likeness (QED) is 0.661. The van der Waals surface area contributed by atoms with Gasteiger partial charge in [-0.3, -0.25) is 0 Å². The summed E-state index contributed by atoms with van der Waals surface area (Å²) in [4.78, 5) is 12.0. The standard InChI is InChI=1S/C10H16N2O2S/c1-6-4-12-8(10(13)14)9(6)15-7-2-3-11-5-7/h6-7,11-12H,2-5H2,1H3,(H,13,14). The van der Waals surface area contributed by atoms with Crippen molar-refractivity contribution in [2.24, 2.45) is 5.92 Å². The van der Waals surface area contributed by atoms with Gasteiger partial charge in [-0.1, -0.05) is 6.92 Å². The molecule has 2 atom stereocenters. The lowest BCUT2D eigenvalue weighted by molar-refractivity contribution is -0.133. The van der Waals surface area contributed by atoms with Crippen molar-refractivity contribution in [1.82, 2.24) is 10.6 Å². The molecular formula is C10H16N2O2S. The molecule has 0 aromatic rings. The van der Waals surface area contributed by atoms with Crippen molar-refractivity contribution in [1.29, 1.82) is 0 Å². The molecule has 84 valence electrons. The summed E-state index contributed by atoms with van der Waals surface area (Å²) >= 11 is 1.73. The topological polar surface area (TPSA) is 61.4 Å². The van der Waals surface area contributed by atoms with Crippen molar-refractivity contribution >= 4 is 17.7 Å². The number of nitrogens with one attached hydrogen (secondary N) is 2. The second kappa shape index (κ2) is 4.45. The van der Waals surface area contributed by atoms with Crippen molar-refractivity contribution in [2.75, 3.05) is 19.6 Å². The lowest BCUT2D eigenvalue weighted by Crippen LogP contribution is -2.16. The Kier molecular flexibility index (Phi) is 3.21. The summed E-state index contributed by atoms with van der Waals surface area (Å²) in [5.41, 5.74) is 0.416. The van der Waals surface area contributed by atoms with Crippen LogP contribution in [0.4, 0.5) is 0 Å². The van der Waals surface area contributed by atoms with Crippen molar-refractivity contribution in [3.05, 3.63) is 10.6 Å². The Morgan fingerprint density at radius 1 is 1.53 bits per heavy atom. The molecule has 0 aliphatic carbocycles. The van der Waals surface area contributed by atoms with E-state index in [1.54, 1.807) is 11.8 Å². The lowest BCUT2D eigenvalue weighted by atomic mass is 10.2. The first kappa shape index (κ1) is 10.8. The van der Waals surface area contributed by atoms with Crippen LogP contribution in [0.3, 0.4) is 0 Å². The van der Waals surface area contributed by atoms with Gasteiger partial charge in [-0.2, -0.15) is 0 Å². The Hall–Kier alpha value is -0.680. The van der Waals surface area contributed by atoms with Gasteiger partial charge in [-0.05, 0) is 13.0 Å². The van der Waals surface area contributed by atoms with Crippen LogP contribution in [0.25, 0.3) is 0 Å². The van der Waals surface area contributed by atoms with Crippen LogP contribution in [0.5, 0.6) is 0 Å². The van der Waals surface area contributed by atoms with Crippen LogP contribution in [0, 0.1) is 5.92 Å². The molecule has 2 aliphatic heterocycles. The Labute approximate surface area is 93.5 Å². The summed E-state index contributed by atoms with van der Waals surface area (Å²) < 4.78 is 0. The van der Waals surface area contributed by atoms with E-state index in [4.69, 9.17) is 5.11 Å². The summed E-state index contributed by atoms with van der Waals surface area (Å²) in [6.45, 7) is 4.88. The molecule has 1 saturated heterocycles. The molecule has 2 unspecified atom stereocenters. The van der Waals surface area contributed by atoms with Crippen molar-refractivity contribution in [2.45, 2.75) is 18.6 Å². The number of carboxylic acid groups (broad SMARTS) is 1. The number of hydrogen-bond acceptors (Lipinski definition) is 4. The highest BCUT2D eigenvalue weighted by Gasteiger charge is 2.29. The third kappa shape index (κ3) is 2.29. The Balaban J connectivity index is 2.08. The number of rotatable bonds is 3. The predicted octanol–water partition coefficient (Wildman–Crippen LogP) is 0.617. The minimum atomic E-state index is -0.826. The van der Waals surface area contributed by atoms with Crippen LogP contribution in [0.15, 0.2) is 10.6 Å². The predicted molar refractivity (Wildman–Crippen MR) is 60.7 cm³/mol. The summed E-state index contributed by atoms with van der Waals surface area (Å²) in [6, 6.07) is 0. The number of carbonyl (C=O) groups is 1. The van der Waals surface area contributed by atoms with Gasteiger partial charge in [0.2, 0.25) is 0 Å². The highest BCUT2D eigenvalue weighted by Crippen LogP contribution is 2.35. The molecule has 2 aliphatic rings. The van der Waals surface area contributed by atoms with Gasteiger partial charge < -0.3 is 15.7 Å². The van der Waals surface area contributed by atoms with E-state index < -0.39 is 5.97 Å². The van der Waals surface area contributed by atoms with E-state index in [-0.39, 0.29) is 0 Å². The number of aliphatic carboxylic acids is 1. The first-order chi connectivity index (χ1) is 7.18. The van der Waals surface area contributed by atoms with Crippen LogP contribution >= 0.6 is 11.8 Å². The molecule has 0 bridgehead atoms. The second-order valence-electron chi connectivity index (χ2n) is 4.06.